The van der Waals surface area contributed by atoms with Crippen molar-refractivity contribution < 1.29 is 19.4 Å². The van der Waals surface area contributed by atoms with Gasteiger partial charge in [-0.15, -0.1) is 11.8 Å². The highest BCUT2D eigenvalue weighted by atomic mass is 32.2. The summed E-state index contributed by atoms with van der Waals surface area (Å²) in [4.78, 5) is 11.6. The number of hydrogen-bond donors (Lipinski definition) is 1. The number of rotatable bonds is 6. The molecule has 0 aliphatic rings. The molecule has 0 aliphatic carbocycles. The van der Waals surface area contributed by atoms with Gasteiger partial charge in [0.1, 0.15) is 5.25 Å². The fourth-order valence-corrected chi connectivity index (χ4v) is 2.13. The van der Waals surface area contributed by atoms with Gasteiger partial charge in [0.15, 0.2) is 6.29 Å². The van der Waals surface area contributed by atoms with Crippen molar-refractivity contribution in [2.45, 2.75) is 23.4 Å². The number of carboxylic acid groups (broad SMARTS) is 1. The Morgan fingerprint density at radius 3 is 2.18 bits per heavy atom. The number of carboxylic acids is 1. The van der Waals surface area contributed by atoms with E-state index in [2.05, 4.69) is 0 Å². The van der Waals surface area contributed by atoms with E-state index in [1.807, 2.05) is 24.3 Å². The van der Waals surface area contributed by atoms with E-state index in [0.717, 1.165) is 10.5 Å². The van der Waals surface area contributed by atoms with E-state index in [-0.39, 0.29) is 6.29 Å². The van der Waals surface area contributed by atoms with Gasteiger partial charge in [-0.2, -0.15) is 0 Å². The monoisotopic (exact) mass is 256 g/mol. The molecule has 0 aliphatic heterocycles. The zero-order chi connectivity index (χ0) is 12.8. The van der Waals surface area contributed by atoms with Crippen LogP contribution in [-0.4, -0.2) is 30.5 Å². The molecule has 4 nitrogen and oxygen atoms in total. The minimum atomic E-state index is -0.814. The molecule has 1 N–H and O–H groups in total. The normalized spacial score (nSPS) is 12.7. The quantitative estimate of drug-likeness (QED) is 0.626. The van der Waals surface area contributed by atoms with Crippen LogP contribution in [0.5, 0.6) is 0 Å². The second-order valence-corrected chi connectivity index (χ2v) is 4.88. The highest BCUT2D eigenvalue weighted by Gasteiger charge is 2.13. The van der Waals surface area contributed by atoms with Crippen LogP contribution in [-0.2, 0) is 14.3 Å². The van der Waals surface area contributed by atoms with E-state index >= 15 is 0 Å². The maximum Gasteiger partial charge on any atom is 0.316 e. The van der Waals surface area contributed by atoms with Crippen LogP contribution in [0.4, 0.5) is 0 Å². The maximum absolute atomic E-state index is 10.7. The molecule has 0 saturated carbocycles. The second-order valence-electron chi connectivity index (χ2n) is 3.47. The molecular formula is C12H16O4S. The van der Waals surface area contributed by atoms with Gasteiger partial charge in [0, 0.05) is 24.7 Å². The number of aliphatic carboxylic acids is 1. The summed E-state index contributed by atoms with van der Waals surface area (Å²) in [7, 11) is 3.15. The van der Waals surface area contributed by atoms with E-state index in [1.165, 1.54) is 11.8 Å². The van der Waals surface area contributed by atoms with Crippen LogP contribution in [0, 0.1) is 0 Å². The molecule has 1 unspecified atom stereocenters. The van der Waals surface area contributed by atoms with E-state index in [1.54, 1.807) is 21.1 Å². The largest absolute Gasteiger partial charge is 0.480 e. The van der Waals surface area contributed by atoms with Gasteiger partial charge in [0.05, 0.1) is 0 Å². The lowest BCUT2D eigenvalue weighted by Gasteiger charge is -2.14. The topological polar surface area (TPSA) is 55.8 Å². The Bertz CT molecular complexity index is 359. The van der Waals surface area contributed by atoms with Gasteiger partial charge < -0.3 is 14.6 Å². The number of hydrogen-bond acceptors (Lipinski definition) is 4. The van der Waals surface area contributed by atoms with Crippen LogP contribution in [0.1, 0.15) is 18.8 Å². The van der Waals surface area contributed by atoms with Crippen molar-refractivity contribution in [3.8, 4) is 0 Å². The van der Waals surface area contributed by atoms with E-state index < -0.39 is 11.2 Å². The Morgan fingerprint density at radius 2 is 1.76 bits per heavy atom. The van der Waals surface area contributed by atoms with Gasteiger partial charge in [0.2, 0.25) is 0 Å². The van der Waals surface area contributed by atoms with Crippen LogP contribution >= 0.6 is 11.8 Å². The summed E-state index contributed by atoms with van der Waals surface area (Å²) < 4.78 is 10.2. The van der Waals surface area contributed by atoms with E-state index in [9.17, 15) is 4.79 Å². The molecule has 0 saturated heterocycles. The Hall–Kier alpha value is -1.04. The summed E-state index contributed by atoms with van der Waals surface area (Å²) >= 11 is 1.31. The van der Waals surface area contributed by atoms with Crippen LogP contribution in [0.3, 0.4) is 0 Å². The molecule has 0 heterocycles. The average Bonchev–Trinajstić information content (AvgIpc) is 2.32. The van der Waals surface area contributed by atoms with Gasteiger partial charge in [0.25, 0.3) is 0 Å². The molecule has 1 atom stereocenters. The first kappa shape index (κ1) is 14.0. The third-order valence-corrected chi connectivity index (χ3v) is 3.34. The predicted octanol–water partition coefficient (Wildman–Crippen LogP) is 2.54. The Kier molecular flexibility index (Phi) is 5.47. The number of methoxy groups -OCH3 is 2. The zero-order valence-corrected chi connectivity index (χ0v) is 10.9. The maximum atomic E-state index is 10.7. The van der Waals surface area contributed by atoms with Gasteiger partial charge in [-0.1, -0.05) is 12.1 Å². The fourth-order valence-electron chi connectivity index (χ4n) is 1.33. The summed E-state index contributed by atoms with van der Waals surface area (Å²) in [5.74, 6) is -0.814. The Labute approximate surface area is 105 Å². The van der Waals surface area contributed by atoms with E-state index in [4.69, 9.17) is 14.6 Å². The molecular weight excluding hydrogens is 240 g/mol. The summed E-state index contributed by atoms with van der Waals surface area (Å²) in [6.07, 6.45) is -0.383. The summed E-state index contributed by atoms with van der Waals surface area (Å²) in [6.45, 7) is 1.66. The first-order valence-electron chi connectivity index (χ1n) is 5.13. The summed E-state index contributed by atoms with van der Waals surface area (Å²) in [6, 6.07) is 7.47. The minimum absolute atomic E-state index is 0.383. The lowest BCUT2D eigenvalue weighted by atomic mass is 10.2. The van der Waals surface area contributed by atoms with Crippen molar-refractivity contribution in [3.05, 3.63) is 29.8 Å². The van der Waals surface area contributed by atoms with Crippen molar-refractivity contribution >= 4 is 17.7 Å². The van der Waals surface area contributed by atoms with Crippen LogP contribution < -0.4 is 0 Å². The molecule has 0 amide bonds. The predicted molar refractivity (Wildman–Crippen MR) is 66.2 cm³/mol. The molecule has 1 aromatic rings. The summed E-state index contributed by atoms with van der Waals surface area (Å²) in [5, 5.41) is 8.34. The number of thioether (sulfide) groups is 1. The molecule has 0 aromatic heterocycles. The van der Waals surface area contributed by atoms with Gasteiger partial charge in [-0.25, -0.2) is 0 Å². The molecule has 0 radical (unpaired) electrons. The molecule has 94 valence electrons. The average molecular weight is 256 g/mol. The second kappa shape index (κ2) is 6.64. The third-order valence-electron chi connectivity index (χ3n) is 2.24. The first-order chi connectivity index (χ1) is 8.08. The first-order valence-corrected chi connectivity index (χ1v) is 6.01. The summed E-state index contributed by atoms with van der Waals surface area (Å²) in [5.41, 5.74) is 0.905. The van der Waals surface area contributed by atoms with Crippen molar-refractivity contribution in [3.63, 3.8) is 0 Å². The van der Waals surface area contributed by atoms with E-state index in [0.29, 0.717) is 0 Å². The minimum Gasteiger partial charge on any atom is -0.480 e. The smallest absolute Gasteiger partial charge is 0.316 e. The highest BCUT2D eigenvalue weighted by Crippen LogP contribution is 2.26. The molecule has 17 heavy (non-hydrogen) atoms. The van der Waals surface area contributed by atoms with Crippen LogP contribution in [0.25, 0.3) is 0 Å². The highest BCUT2D eigenvalue weighted by molar-refractivity contribution is 8.00. The third kappa shape index (κ3) is 4.03. The number of benzene rings is 1. The van der Waals surface area contributed by atoms with Crippen molar-refractivity contribution in [2.75, 3.05) is 14.2 Å². The SMILES string of the molecule is COC(OC)c1ccc(SC(C)C(=O)O)cc1. The van der Waals surface area contributed by atoms with Crippen molar-refractivity contribution in [1.82, 2.24) is 0 Å². The van der Waals surface area contributed by atoms with Crippen LogP contribution in [0.15, 0.2) is 29.2 Å². The zero-order valence-electron chi connectivity index (χ0n) is 10.0. The molecule has 0 spiro atoms. The standard InChI is InChI=1S/C12H16O4S/c1-8(11(13)14)17-10-6-4-9(5-7-10)12(15-2)16-3/h4-8,12H,1-3H3,(H,13,14). The lowest BCUT2D eigenvalue weighted by molar-refractivity contribution is -0.136. The number of ether oxygens (including phenoxy) is 2. The van der Waals surface area contributed by atoms with Crippen molar-refractivity contribution in [1.29, 1.82) is 0 Å². The Morgan fingerprint density at radius 1 is 1.24 bits per heavy atom. The van der Waals surface area contributed by atoms with Gasteiger partial charge in [-0.05, 0) is 19.1 Å². The Balaban J connectivity index is 2.71. The van der Waals surface area contributed by atoms with Crippen LogP contribution in [0.2, 0.25) is 0 Å². The fraction of sp³-hybridized carbons (Fsp3) is 0.417. The van der Waals surface area contributed by atoms with Crippen molar-refractivity contribution in [2.24, 2.45) is 0 Å². The lowest BCUT2D eigenvalue weighted by Crippen LogP contribution is -2.11. The molecule has 1 aromatic carbocycles. The van der Waals surface area contributed by atoms with Gasteiger partial charge >= 0.3 is 5.97 Å². The van der Waals surface area contributed by atoms with Gasteiger partial charge in [-0.3, -0.25) is 4.79 Å². The molecule has 1 rings (SSSR count). The molecule has 0 bridgehead atoms. The number of carbonyl (C=O) groups is 1. The molecule has 5 heteroatoms. The molecule has 0 fully saturated rings.